The first kappa shape index (κ1) is 19.0. The number of aromatic nitrogens is 2. The van der Waals surface area contributed by atoms with Gasteiger partial charge in [0.2, 0.25) is 0 Å². The van der Waals surface area contributed by atoms with Crippen molar-refractivity contribution in [2.75, 3.05) is 0 Å². The maximum Gasteiger partial charge on any atom is 0.411 e. The molecule has 1 aromatic carbocycles. The third-order valence-electron chi connectivity index (χ3n) is 4.64. The van der Waals surface area contributed by atoms with Gasteiger partial charge in [-0.15, -0.1) is 0 Å². The number of nitrogens with zero attached hydrogens (tertiary/aromatic N) is 2. The zero-order chi connectivity index (χ0) is 18.9. The van der Waals surface area contributed by atoms with Crippen LogP contribution in [0.2, 0.25) is 0 Å². The number of H-pyrrole nitrogens is 1. The Morgan fingerprint density at radius 1 is 1.31 bits per heavy atom. The quantitative estimate of drug-likeness (QED) is 0.694. The minimum Gasteiger partial charge on any atom is -0.444 e. The maximum atomic E-state index is 12.8. The number of carbonyl (C=O) groups excluding carboxylic acids is 1. The zero-order valence-corrected chi connectivity index (χ0v) is 17.3. The van der Waals surface area contributed by atoms with E-state index in [9.17, 15) is 4.79 Å². The zero-order valence-electron chi connectivity index (χ0n) is 15.8. The van der Waals surface area contributed by atoms with E-state index in [1.807, 2.05) is 56.1 Å². The molecule has 0 radical (unpaired) electrons. The van der Waals surface area contributed by atoms with Crippen LogP contribution in [-0.4, -0.2) is 32.6 Å². The lowest BCUT2D eigenvalue weighted by atomic mass is 10.1. The summed E-state index contributed by atoms with van der Waals surface area (Å²) in [5.41, 5.74) is 1.52. The van der Waals surface area contributed by atoms with Gasteiger partial charge in [0.15, 0.2) is 0 Å². The van der Waals surface area contributed by atoms with Crippen LogP contribution in [0.15, 0.2) is 34.9 Å². The molecule has 1 aromatic heterocycles. The van der Waals surface area contributed by atoms with Crippen molar-refractivity contribution in [3.63, 3.8) is 0 Å². The molecule has 0 spiro atoms. The van der Waals surface area contributed by atoms with Crippen LogP contribution in [0.1, 0.15) is 58.8 Å². The van der Waals surface area contributed by atoms with Gasteiger partial charge < -0.3 is 9.72 Å². The molecule has 2 heterocycles. The molecule has 26 heavy (non-hydrogen) atoms. The Kier molecular flexibility index (Phi) is 5.42. The molecule has 0 bridgehead atoms. The number of carbonyl (C=O) groups is 1. The highest BCUT2D eigenvalue weighted by atomic mass is 79.9. The number of hydrogen-bond donors (Lipinski definition) is 1. The summed E-state index contributed by atoms with van der Waals surface area (Å²) in [6, 6.07) is 8.21. The second-order valence-electron chi connectivity index (χ2n) is 7.73. The van der Waals surface area contributed by atoms with Crippen LogP contribution in [0, 0.1) is 0 Å². The molecule has 1 aliphatic heterocycles. The number of benzene rings is 1. The smallest absolute Gasteiger partial charge is 0.411 e. The predicted molar refractivity (Wildman–Crippen MR) is 106 cm³/mol. The molecule has 0 saturated carbocycles. The summed E-state index contributed by atoms with van der Waals surface area (Å²) in [7, 11) is 0. The number of hydrogen-bond acceptors (Lipinski definition) is 3. The number of imidazole rings is 1. The van der Waals surface area contributed by atoms with Gasteiger partial charge >= 0.3 is 6.09 Å². The SMILES string of the molecule is CCC1CCC(c2ncc(-c3ccc(Br)cc3)[nH]2)N1C(=O)OC(C)(C)C. The Balaban J connectivity index is 1.85. The first-order valence-corrected chi connectivity index (χ1v) is 9.90. The van der Waals surface area contributed by atoms with Crippen molar-refractivity contribution in [3.05, 3.63) is 40.8 Å². The van der Waals surface area contributed by atoms with Crippen molar-refractivity contribution in [1.29, 1.82) is 0 Å². The highest BCUT2D eigenvalue weighted by Crippen LogP contribution is 2.38. The molecular weight excluding hydrogens is 394 g/mol. The summed E-state index contributed by atoms with van der Waals surface area (Å²) in [4.78, 5) is 22.6. The molecule has 2 aromatic rings. The molecule has 140 valence electrons. The molecule has 5 nitrogen and oxygen atoms in total. The van der Waals surface area contributed by atoms with Crippen molar-refractivity contribution < 1.29 is 9.53 Å². The first-order valence-electron chi connectivity index (χ1n) is 9.10. The first-order chi connectivity index (χ1) is 12.3. The summed E-state index contributed by atoms with van der Waals surface area (Å²) >= 11 is 3.46. The molecule has 6 heteroatoms. The standard InChI is InChI=1S/C20H26BrN3O2/c1-5-15-10-11-17(24(15)19(25)26-20(2,3)4)18-22-12-16(23-18)13-6-8-14(21)9-7-13/h6-9,12,15,17H,5,10-11H2,1-4H3,(H,22,23). The van der Waals surface area contributed by atoms with Gasteiger partial charge in [-0.3, -0.25) is 4.90 Å². The van der Waals surface area contributed by atoms with Crippen molar-refractivity contribution in [3.8, 4) is 11.3 Å². The minimum absolute atomic E-state index is 0.0704. The fourth-order valence-corrected chi connectivity index (χ4v) is 3.69. The number of nitrogens with one attached hydrogen (secondary N) is 1. The Morgan fingerprint density at radius 3 is 2.62 bits per heavy atom. The van der Waals surface area contributed by atoms with Gasteiger partial charge in [-0.2, -0.15) is 0 Å². The number of rotatable bonds is 3. The Labute approximate surface area is 163 Å². The van der Waals surface area contributed by atoms with Crippen LogP contribution >= 0.6 is 15.9 Å². The number of amides is 1. The average Bonchev–Trinajstić information content (AvgIpc) is 3.20. The number of aromatic amines is 1. The fourth-order valence-electron chi connectivity index (χ4n) is 3.43. The average molecular weight is 420 g/mol. The minimum atomic E-state index is -0.506. The van der Waals surface area contributed by atoms with E-state index in [1.165, 1.54) is 0 Å². The van der Waals surface area contributed by atoms with Gasteiger partial charge in [-0.1, -0.05) is 35.0 Å². The van der Waals surface area contributed by atoms with E-state index in [1.54, 1.807) is 0 Å². The Hall–Kier alpha value is -1.82. The van der Waals surface area contributed by atoms with E-state index >= 15 is 0 Å². The molecule has 3 rings (SSSR count). The van der Waals surface area contributed by atoms with Crippen molar-refractivity contribution in [2.24, 2.45) is 0 Å². The van der Waals surface area contributed by atoms with Gasteiger partial charge in [0.25, 0.3) is 0 Å². The third-order valence-corrected chi connectivity index (χ3v) is 5.17. The molecule has 2 unspecified atom stereocenters. The van der Waals surface area contributed by atoms with Crippen LogP contribution in [0.4, 0.5) is 4.79 Å². The van der Waals surface area contributed by atoms with Gasteiger partial charge in [-0.25, -0.2) is 9.78 Å². The van der Waals surface area contributed by atoms with Crippen LogP contribution < -0.4 is 0 Å². The molecular formula is C20H26BrN3O2. The topological polar surface area (TPSA) is 58.2 Å². The van der Waals surface area contributed by atoms with Gasteiger partial charge in [-0.05, 0) is 57.7 Å². The summed E-state index contributed by atoms with van der Waals surface area (Å²) in [5.74, 6) is 0.824. The van der Waals surface area contributed by atoms with Crippen LogP contribution in [0.25, 0.3) is 11.3 Å². The van der Waals surface area contributed by atoms with Gasteiger partial charge in [0.1, 0.15) is 11.4 Å². The number of halogens is 1. The molecule has 1 N–H and O–H groups in total. The molecule has 1 aliphatic rings. The van der Waals surface area contributed by atoms with Crippen LogP contribution in [0.5, 0.6) is 0 Å². The predicted octanol–water partition coefficient (Wildman–Crippen LogP) is 5.69. The van der Waals surface area contributed by atoms with E-state index in [0.717, 1.165) is 40.8 Å². The largest absolute Gasteiger partial charge is 0.444 e. The molecule has 2 atom stereocenters. The van der Waals surface area contributed by atoms with E-state index in [2.05, 4.69) is 32.8 Å². The molecule has 1 saturated heterocycles. The van der Waals surface area contributed by atoms with E-state index in [0.29, 0.717) is 0 Å². The van der Waals surface area contributed by atoms with Crippen LogP contribution in [0.3, 0.4) is 0 Å². The van der Waals surface area contributed by atoms with Gasteiger partial charge in [0, 0.05) is 10.5 Å². The van der Waals surface area contributed by atoms with E-state index in [-0.39, 0.29) is 18.2 Å². The third kappa shape index (κ3) is 4.11. The van der Waals surface area contributed by atoms with E-state index < -0.39 is 5.60 Å². The highest BCUT2D eigenvalue weighted by molar-refractivity contribution is 9.10. The van der Waals surface area contributed by atoms with Crippen molar-refractivity contribution in [2.45, 2.75) is 64.6 Å². The molecule has 1 fully saturated rings. The normalized spacial score (nSPS) is 20.4. The lowest BCUT2D eigenvalue weighted by Gasteiger charge is -2.31. The highest BCUT2D eigenvalue weighted by Gasteiger charge is 2.40. The second kappa shape index (κ2) is 7.43. The molecule has 0 aliphatic carbocycles. The summed E-state index contributed by atoms with van der Waals surface area (Å²) in [6.07, 6.45) is 4.36. The monoisotopic (exact) mass is 419 g/mol. The Bertz CT molecular complexity index is 764. The molecule has 1 amide bonds. The number of likely N-dealkylation sites (tertiary alicyclic amines) is 1. The lowest BCUT2D eigenvalue weighted by molar-refractivity contribution is 0.0133. The van der Waals surface area contributed by atoms with Crippen molar-refractivity contribution >= 4 is 22.0 Å². The van der Waals surface area contributed by atoms with Crippen molar-refractivity contribution in [1.82, 2.24) is 14.9 Å². The summed E-state index contributed by atoms with van der Waals surface area (Å²) in [5, 5.41) is 0. The van der Waals surface area contributed by atoms with Crippen LogP contribution in [-0.2, 0) is 4.74 Å². The lowest BCUT2D eigenvalue weighted by Crippen LogP contribution is -2.41. The summed E-state index contributed by atoms with van der Waals surface area (Å²) < 4.78 is 6.69. The second-order valence-corrected chi connectivity index (χ2v) is 8.65. The fraction of sp³-hybridized carbons (Fsp3) is 0.500. The number of ether oxygens (including phenoxy) is 1. The van der Waals surface area contributed by atoms with Gasteiger partial charge in [0.05, 0.1) is 17.9 Å². The summed E-state index contributed by atoms with van der Waals surface area (Å²) in [6.45, 7) is 7.81. The van der Waals surface area contributed by atoms with E-state index in [4.69, 9.17) is 4.74 Å². The maximum absolute atomic E-state index is 12.8. The Morgan fingerprint density at radius 2 is 2.00 bits per heavy atom.